The second-order valence-electron chi connectivity index (χ2n) is 3.97. The lowest BCUT2D eigenvalue weighted by Crippen LogP contribution is -2.12. The van der Waals surface area contributed by atoms with E-state index in [2.05, 4.69) is 15.3 Å². The van der Waals surface area contributed by atoms with Gasteiger partial charge in [-0.05, 0) is 12.5 Å². The highest BCUT2D eigenvalue weighted by Crippen LogP contribution is 2.19. The molecule has 1 atom stereocenters. The van der Waals surface area contributed by atoms with Gasteiger partial charge < -0.3 is 10.4 Å². The van der Waals surface area contributed by atoms with Gasteiger partial charge in [-0.1, -0.05) is 41.9 Å². The molecule has 0 radical (unpaired) electrons. The second-order valence-corrected chi connectivity index (χ2v) is 4.38. The van der Waals surface area contributed by atoms with Crippen LogP contribution in [-0.4, -0.2) is 21.0 Å². The molecule has 2 aromatic rings. The standard InChI is InChI=1S/C13H12ClN3O2/c1-8(9-5-3-2-4-6-9)16-13-15-7-10(14)11(17-13)12(18)19/h2-8H,1H3,(H,18,19)(H,15,16,17)/t8-/m1/s1. The molecule has 6 heteroatoms. The van der Waals surface area contributed by atoms with Crippen LogP contribution in [0.2, 0.25) is 5.02 Å². The SMILES string of the molecule is C[C@@H](Nc1ncc(Cl)c(C(=O)O)n1)c1ccccc1. The van der Waals surface area contributed by atoms with E-state index in [4.69, 9.17) is 16.7 Å². The highest BCUT2D eigenvalue weighted by molar-refractivity contribution is 6.33. The van der Waals surface area contributed by atoms with E-state index in [1.165, 1.54) is 6.20 Å². The van der Waals surface area contributed by atoms with Gasteiger partial charge in [0.15, 0.2) is 5.69 Å². The van der Waals surface area contributed by atoms with E-state index in [1.807, 2.05) is 37.3 Å². The quantitative estimate of drug-likeness (QED) is 0.898. The molecule has 0 aliphatic heterocycles. The van der Waals surface area contributed by atoms with E-state index in [0.717, 1.165) is 5.56 Å². The lowest BCUT2D eigenvalue weighted by Gasteiger charge is -2.14. The molecule has 0 aliphatic rings. The van der Waals surface area contributed by atoms with E-state index in [1.54, 1.807) is 0 Å². The summed E-state index contributed by atoms with van der Waals surface area (Å²) < 4.78 is 0. The first-order chi connectivity index (χ1) is 9.08. The molecule has 0 fully saturated rings. The van der Waals surface area contributed by atoms with Crippen molar-refractivity contribution >= 4 is 23.5 Å². The summed E-state index contributed by atoms with van der Waals surface area (Å²) in [7, 11) is 0. The Labute approximate surface area is 115 Å². The van der Waals surface area contributed by atoms with Crippen molar-refractivity contribution in [2.45, 2.75) is 13.0 Å². The van der Waals surface area contributed by atoms with Gasteiger partial charge in [-0.25, -0.2) is 14.8 Å². The maximum absolute atomic E-state index is 10.9. The molecular weight excluding hydrogens is 266 g/mol. The van der Waals surface area contributed by atoms with Crippen LogP contribution in [-0.2, 0) is 0 Å². The first-order valence-electron chi connectivity index (χ1n) is 5.65. The third-order valence-electron chi connectivity index (χ3n) is 2.59. The number of carboxylic acids is 1. The highest BCUT2D eigenvalue weighted by Gasteiger charge is 2.14. The topological polar surface area (TPSA) is 75.1 Å². The number of anilines is 1. The molecule has 1 aromatic carbocycles. The number of aromatic nitrogens is 2. The van der Waals surface area contributed by atoms with E-state index in [-0.39, 0.29) is 22.7 Å². The Bertz CT molecular complexity index is 590. The molecule has 0 unspecified atom stereocenters. The Morgan fingerprint density at radius 2 is 2.05 bits per heavy atom. The number of benzene rings is 1. The van der Waals surface area contributed by atoms with Crippen molar-refractivity contribution in [2.24, 2.45) is 0 Å². The van der Waals surface area contributed by atoms with Crippen LogP contribution in [0, 0.1) is 0 Å². The van der Waals surface area contributed by atoms with Crippen LogP contribution in [0.4, 0.5) is 5.95 Å². The van der Waals surface area contributed by atoms with Gasteiger partial charge in [-0.15, -0.1) is 0 Å². The minimum Gasteiger partial charge on any atom is -0.476 e. The van der Waals surface area contributed by atoms with Crippen molar-refractivity contribution in [3.63, 3.8) is 0 Å². The zero-order valence-electron chi connectivity index (χ0n) is 10.2. The van der Waals surface area contributed by atoms with Crippen LogP contribution in [0.3, 0.4) is 0 Å². The molecule has 2 rings (SSSR count). The highest BCUT2D eigenvalue weighted by atomic mass is 35.5. The van der Waals surface area contributed by atoms with Gasteiger partial charge in [0.1, 0.15) is 0 Å². The van der Waals surface area contributed by atoms with Crippen LogP contribution in [0.1, 0.15) is 29.0 Å². The Morgan fingerprint density at radius 1 is 1.37 bits per heavy atom. The zero-order valence-corrected chi connectivity index (χ0v) is 10.9. The van der Waals surface area contributed by atoms with Gasteiger partial charge in [0.2, 0.25) is 5.95 Å². The van der Waals surface area contributed by atoms with Crippen LogP contribution >= 0.6 is 11.6 Å². The monoisotopic (exact) mass is 277 g/mol. The maximum Gasteiger partial charge on any atom is 0.356 e. The summed E-state index contributed by atoms with van der Waals surface area (Å²) in [5.74, 6) is -0.944. The predicted octanol–water partition coefficient (Wildman–Crippen LogP) is 3.00. The number of aromatic carboxylic acids is 1. The second kappa shape index (κ2) is 5.67. The fourth-order valence-corrected chi connectivity index (χ4v) is 1.78. The number of nitrogens with one attached hydrogen (secondary N) is 1. The summed E-state index contributed by atoms with van der Waals surface area (Å²) >= 11 is 5.71. The van der Waals surface area contributed by atoms with Gasteiger partial charge >= 0.3 is 5.97 Å². The Morgan fingerprint density at radius 3 is 2.68 bits per heavy atom. The number of rotatable bonds is 4. The van der Waals surface area contributed by atoms with Gasteiger partial charge in [0.05, 0.1) is 17.3 Å². The molecule has 1 heterocycles. The summed E-state index contributed by atoms with van der Waals surface area (Å²) in [5, 5.41) is 12.0. The fourth-order valence-electron chi connectivity index (χ4n) is 1.61. The molecule has 0 aliphatic carbocycles. The van der Waals surface area contributed by atoms with Crippen LogP contribution in [0.5, 0.6) is 0 Å². The van der Waals surface area contributed by atoms with E-state index in [0.29, 0.717) is 0 Å². The van der Waals surface area contributed by atoms with Gasteiger partial charge in [0, 0.05) is 0 Å². The number of hydrogen-bond acceptors (Lipinski definition) is 4. The first-order valence-corrected chi connectivity index (χ1v) is 6.03. The molecule has 1 aromatic heterocycles. The third-order valence-corrected chi connectivity index (χ3v) is 2.87. The van der Waals surface area contributed by atoms with E-state index < -0.39 is 5.97 Å². The smallest absolute Gasteiger partial charge is 0.356 e. The molecular formula is C13H12ClN3O2. The molecule has 5 nitrogen and oxygen atoms in total. The van der Waals surface area contributed by atoms with Gasteiger partial charge in [-0.3, -0.25) is 0 Å². The number of carbonyl (C=O) groups is 1. The predicted molar refractivity (Wildman–Crippen MR) is 72.5 cm³/mol. The van der Waals surface area contributed by atoms with Crippen LogP contribution in [0.25, 0.3) is 0 Å². The largest absolute Gasteiger partial charge is 0.476 e. The summed E-state index contributed by atoms with van der Waals surface area (Å²) in [6, 6.07) is 9.68. The first kappa shape index (κ1) is 13.3. The van der Waals surface area contributed by atoms with Crippen molar-refractivity contribution in [2.75, 3.05) is 5.32 Å². The fraction of sp³-hybridized carbons (Fsp3) is 0.154. The molecule has 0 saturated heterocycles. The van der Waals surface area contributed by atoms with E-state index >= 15 is 0 Å². The maximum atomic E-state index is 10.9. The Hall–Kier alpha value is -2.14. The lowest BCUT2D eigenvalue weighted by molar-refractivity contribution is 0.0690. The molecule has 19 heavy (non-hydrogen) atoms. The minimum absolute atomic E-state index is 0.0189. The van der Waals surface area contributed by atoms with E-state index in [9.17, 15) is 4.79 Å². The average Bonchev–Trinajstić information content (AvgIpc) is 2.41. The molecule has 98 valence electrons. The van der Waals surface area contributed by atoms with Crippen LogP contribution in [0.15, 0.2) is 36.5 Å². The van der Waals surface area contributed by atoms with Gasteiger partial charge in [-0.2, -0.15) is 0 Å². The summed E-state index contributed by atoms with van der Waals surface area (Å²) in [4.78, 5) is 18.8. The summed E-state index contributed by atoms with van der Waals surface area (Å²) in [6.07, 6.45) is 1.28. The normalized spacial score (nSPS) is 11.9. The average molecular weight is 278 g/mol. The number of hydrogen-bond donors (Lipinski definition) is 2. The van der Waals surface area contributed by atoms with Crippen molar-refractivity contribution in [1.82, 2.24) is 9.97 Å². The number of carboxylic acid groups (broad SMARTS) is 1. The molecule has 0 amide bonds. The lowest BCUT2D eigenvalue weighted by atomic mass is 10.1. The van der Waals surface area contributed by atoms with Crippen molar-refractivity contribution < 1.29 is 9.90 Å². The minimum atomic E-state index is -1.18. The Balaban J connectivity index is 2.20. The van der Waals surface area contributed by atoms with Crippen molar-refractivity contribution in [1.29, 1.82) is 0 Å². The molecule has 0 saturated carbocycles. The third kappa shape index (κ3) is 3.20. The van der Waals surface area contributed by atoms with Crippen molar-refractivity contribution in [3.05, 3.63) is 52.8 Å². The molecule has 2 N–H and O–H groups in total. The van der Waals surface area contributed by atoms with Crippen LogP contribution < -0.4 is 5.32 Å². The summed E-state index contributed by atoms with van der Waals surface area (Å²) in [5.41, 5.74) is 0.845. The van der Waals surface area contributed by atoms with Crippen molar-refractivity contribution in [3.8, 4) is 0 Å². The number of nitrogens with zero attached hydrogens (tertiary/aromatic N) is 2. The zero-order chi connectivity index (χ0) is 13.8. The molecule has 0 spiro atoms. The van der Waals surface area contributed by atoms with Gasteiger partial charge in [0.25, 0.3) is 0 Å². The summed E-state index contributed by atoms with van der Waals surface area (Å²) in [6.45, 7) is 1.94. The Kier molecular flexibility index (Phi) is 3.97. The number of halogens is 1. The molecule has 0 bridgehead atoms.